The van der Waals surface area contributed by atoms with E-state index in [1.807, 2.05) is 0 Å². The summed E-state index contributed by atoms with van der Waals surface area (Å²) in [7, 11) is 3.09. The molecule has 34 heavy (non-hydrogen) atoms. The Labute approximate surface area is 197 Å². The maximum atomic E-state index is 12.5. The number of nitrogens with zero attached hydrogens (tertiary/aromatic N) is 2. The molecule has 3 N–H and O–H groups in total. The molecule has 1 aliphatic carbocycles. The number of nitrogens with one attached hydrogen (secondary N) is 2. The topological polar surface area (TPSA) is 125 Å². The number of fused-ring (bicyclic) bond motifs is 1. The van der Waals surface area contributed by atoms with E-state index in [-0.39, 0.29) is 40.1 Å². The normalized spacial score (nSPS) is 17.0. The van der Waals surface area contributed by atoms with E-state index in [0.29, 0.717) is 0 Å². The highest BCUT2D eigenvalue weighted by molar-refractivity contribution is 5.97. The van der Waals surface area contributed by atoms with Gasteiger partial charge in [-0.3, -0.25) is 14.4 Å². The number of anilines is 3. The second-order valence-electron chi connectivity index (χ2n) is 10.0. The van der Waals surface area contributed by atoms with E-state index in [9.17, 15) is 19.5 Å². The van der Waals surface area contributed by atoms with E-state index in [0.717, 1.165) is 29.9 Å². The minimum absolute atomic E-state index is 0.0355. The molecule has 4 rings (SSSR count). The van der Waals surface area contributed by atoms with E-state index in [1.54, 1.807) is 14.1 Å². The number of hydrogen-bond acceptors (Lipinski definition) is 8. The maximum absolute atomic E-state index is 12.5. The molecule has 0 spiro atoms. The Morgan fingerprint density at radius 1 is 1.24 bits per heavy atom. The van der Waals surface area contributed by atoms with Gasteiger partial charge in [-0.15, -0.1) is 0 Å². The van der Waals surface area contributed by atoms with Gasteiger partial charge >= 0.3 is 0 Å². The molecule has 0 aliphatic heterocycles. The van der Waals surface area contributed by atoms with E-state index < -0.39 is 22.5 Å². The Kier molecular flexibility index (Phi) is 5.75. The number of aromatic hydroxyl groups is 1. The minimum atomic E-state index is -0.699. The number of aryl methyl sites for hydroxylation is 1. The van der Waals surface area contributed by atoms with Gasteiger partial charge in [0.05, 0.1) is 11.7 Å². The van der Waals surface area contributed by atoms with Crippen molar-refractivity contribution in [3.05, 3.63) is 61.6 Å². The molecule has 2 heterocycles. The summed E-state index contributed by atoms with van der Waals surface area (Å²) in [5, 5.41) is 16.7. The van der Waals surface area contributed by atoms with Crippen LogP contribution in [0.3, 0.4) is 0 Å². The van der Waals surface area contributed by atoms with Crippen LogP contribution in [0.5, 0.6) is 5.75 Å². The van der Waals surface area contributed by atoms with Gasteiger partial charge in [-0.1, -0.05) is 27.7 Å². The SMILES string of the molecule is CC(C)c1cc2c(o1)C(Nc1c(Nc3ccnc(C(=O)N(C)C)c3O)c(=O)c1=O)C(C)(C)CC2. The first-order chi connectivity index (χ1) is 15.9. The van der Waals surface area contributed by atoms with Crippen LogP contribution in [-0.2, 0) is 6.42 Å². The third-order valence-corrected chi connectivity index (χ3v) is 6.50. The van der Waals surface area contributed by atoms with Crippen molar-refractivity contribution >= 4 is 23.0 Å². The molecule has 1 aromatic carbocycles. The highest BCUT2D eigenvalue weighted by Gasteiger charge is 2.41. The van der Waals surface area contributed by atoms with Crippen molar-refractivity contribution in [2.75, 3.05) is 24.7 Å². The number of aromatic nitrogens is 1. The number of amides is 1. The monoisotopic (exact) mass is 466 g/mol. The summed E-state index contributed by atoms with van der Waals surface area (Å²) < 4.78 is 6.19. The lowest BCUT2D eigenvalue weighted by Gasteiger charge is -2.38. The fraction of sp³-hybridized carbons (Fsp3) is 0.440. The van der Waals surface area contributed by atoms with Crippen LogP contribution in [0.15, 0.2) is 32.3 Å². The average molecular weight is 467 g/mol. The zero-order valence-electron chi connectivity index (χ0n) is 20.3. The molecule has 180 valence electrons. The van der Waals surface area contributed by atoms with Gasteiger partial charge in [0, 0.05) is 26.2 Å². The standard InChI is InChI=1S/C25H30N4O5/c1-12(2)15-11-13-7-9-25(3,4)23(22(13)34-15)28-17-16(20(31)21(17)32)27-14-8-10-26-18(19(14)30)24(33)29(5)6/h8,10-12,23,28,30H,7,9H2,1-6H3,(H,26,27). The Morgan fingerprint density at radius 3 is 2.56 bits per heavy atom. The van der Waals surface area contributed by atoms with Crippen molar-refractivity contribution in [3.8, 4) is 5.75 Å². The molecule has 3 aromatic rings. The summed E-state index contributed by atoms with van der Waals surface area (Å²) in [6.07, 6.45) is 3.11. The van der Waals surface area contributed by atoms with Crippen molar-refractivity contribution in [1.82, 2.24) is 9.88 Å². The summed E-state index contributed by atoms with van der Waals surface area (Å²) in [6.45, 7) is 8.31. The van der Waals surface area contributed by atoms with Crippen LogP contribution >= 0.6 is 0 Å². The molecule has 1 unspecified atom stereocenters. The number of pyridine rings is 1. The van der Waals surface area contributed by atoms with Gasteiger partial charge in [-0.05, 0) is 36.0 Å². The van der Waals surface area contributed by atoms with Gasteiger partial charge in [-0.25, -0.2) is 4.98 Å². The molecule has 1 aliphatic rings. The summed E-state index contributed by atoms with van der Waals surface area (Å²) >= 11 is 0. The summed E-state index contributed by atoms with van der Waals surface area (Å²) in [5.74, 6) is 1.02. The highest BCUT2D eigenvalue weighted by Crippen LogP contribution is 2.47. The number of carbonyl (C=O) groups excluding carboxylic acids is 1. The van der Waals surface area contributed by atoms with Gasteiger partial charge in [0.25, 0.3) is 16.8 Å². The zero-order valence-corrected chi connectivity index (χ0v) is 20.3. The van der Waals surface area contributed by atoms with Gasteiger partial charge in [-0.2, -0.15) is 0 Å². The van der Waals surface area contributed by atoms with E-state index in [4.69, 9.17) is 4.42 Å². The first-order valence-electron chi connectivity index (χ1n) is 11.3. The molecule has 0 radical (unpaired) electrons. The van der Waals surface area contributed by atoms with Crippen LogP contribution in [0.4, 0.5) is 17.1 Å². The van der Waals surface area contributed by atoms with Crippen LogP contribution in [0.2, 0.25) is 0 Å². The summed E-state index contributed by atoms with van der Waals surface area (Å²) in [5.41, 5.74) is -0.345. The Bertz CT molecular complexity index is 1330. The number of hydrogen-bond donors (Lipinski definition) is 3. The van der Waals surface area contributed by atoms with Gasteiger partial charge in [0.15, 0.2) is 11.4 Å². The first-order valence-corrected chi connectivity index (χ1v) is 11.3. The zero-order chi connectivity index (χ0) is 24.9. The quantitative estimate of drug-likeness (QED) is 0.470. The van der Waals surface area contributed by atoms with Crippen molar-refractivity contribution in [1.29, 1.82) is 0 Å². The summed E-state index contributed by atoms with van der Waals surface area (Å²) in [6, 6.07) is 3.19. The van der Waals surface area contributed by atoms with Gasteiger partial charge < -0.3 is 25.1 Å². The molecule has 1 amide bonds. The minimum Gasteiger partial charge on any atom is -0.504 e. The number of furan rings is 1. The fourth-order valence-electron chi connectivity index (χ4n) is 4.26. The lowest BCUT2D eigenvalue weighted by Crippen LogP contribution is -2.41. The lowest BCUT2D eigenvalue weighted by atomic mass is 9.73. The van der Waals surface area contributed by atoms with Crippen LogP contribution in [0, 0.1) is 5.41 Å². The second kappa shape index (κ2) is 8.30. The average Bonchev–Trinajstić information content (AvgIpc) is 3.22. The Balaban J connectivity index is 1.68. The Morgan fingerprint density at radius 2 is 1.91 bits per heavy atom. The molecular formula is C25H30N4O5. The fourth-order valence-corrected chi connectivity index (χ4v) is 4.26. The molecular weight excluding hydrogens is 436 g/mol. The predicted molar refractivity (Wildman–Crippen MR) is 130 cm³/mol. The van der Waals surface area contributed by atoms with E-state index >= 15 is 0 Å². The van der Waals surface area contributed by atoms with Gasteiger partial charge in [0.2, 0.25) is 0 Å². The predicted octanol–water partition coefficient (Wildman–Crippen LogP) is 3.67. The molecule has 9 nitrogen and oxygen atoms in total. The van der Waals surface area contributed by atoms with Crippen molar-refractivity contribution < 1.29 is 14.3 Å². The first kappa shape index (κ1) is 23.5. The number of rotatable bonds is 6. The maximum Gasteiger partial charge on any atom is 0.275 e. The molecule has 0 saturated carbocycles. The van der Waals surface area contributed by atoms with Crippen molar-refractivity contribution in [2.24, 2.45) is 5.41 Å². The molecule has 0 fully saturated rings. The van der Waals surface area contributed by atoms with Gasteiger partial charge in [0.1, 0.15) is 22.9 Å². The molecule has 2 aromatic heterocycles. The van der Waals surface area contributed by atoms with E-state index in [2.05, 4.69) is 49.4 Å². The van der Waals surface area contributed by atoms with Crippen LogP contribution in [-0.4, -0.2) is 35.0 Å². The lowest BCUT2D eigenvalue weighted by molar-refractivity contribution is 0.0819. The Hall–Kier alpha value is -3.62. The van der Waals surface area contributed by atoms with Crippen LogP contribution < -0.4 is 21.5 Å². The van der Waals surface area contributed by atoms with Crippen molar-refractivity contribution in [3.63, 3.8) is 0 Å². The van der Waals surface area contributed by atoms with Crippen molar-refractivity contribution in [2.45, 2.75) is 52.5 Å². The molecule has 9 heteroatoms. The molecule has 1 atom stereocenters. The van der Waals surface area contributed by atoms with Crippen LogP contribution in [0.1, 0.15) is 73.6 Å². The number of carbonyl (C=O) groups is 1. The van der Waals surface area contributed by atoms with E-state index in [1.165, 1.54) is 17.2 Å². The molecule has 0 bridgehead atoms. The van der Waals surface area contributed by atoms with Crippen LogP contribution in [0.25, 0.3) is 0 Å². The third kappa shape index (κ3) is 3.85. The highest BCUT2D eigenvalue weighted by atomic mass is 16.3. The second-order valence-corrected chi connectivity index (χ2v) is 10.0. The largest absolute Gasteiger partial charge is 0.504 e. The molecule has 0 saturated heterocycles. The summed E-state index contributed by atoms with van der Waals surface area (Å²) in [4.78, 5) is 42.5. The smallest absolute Gasteiger partial charge is 0.275 e. The third-order valence-electron chi connectivity index (χ3n) is 6.50.